The van der Waals surface area contributed by atoms with E-state index in [1.165, 1.54) is 12.1 Å². The van der Waals surface area contributed by atoms with Crippen molar-refractivity contribution in [3.8, 4) is 11.1 Å². The first-order chi connectivity index (χ1) is 11.8. The van der Waals surface area contributed by atoms with E-state index in [1.807, 2.05) is 27.7 Å². The number of ether oxygens (including phenoxy) is 2. The summed E-state index contributed by atoms with van der Waals surface area (Å²) in [4.78, 5) is 0. The molecule has 0 spiro atoms. The van der Waals surface area contributed by atoms with Crippen LogP contribution in [0.1, 0.15) is 33.3 Å². The zero-order chi connectivity index (χ0) is 18.6. The third-order valence-corrected chi connectivity index (χ3v) is 4.02. The second kappa shape index (κ2) is 8.18. The van der Waals surface area contributed by atoms with Crippen molar-refractivity contribution in [2.75, 3.05) is 0 Å². The Balaban J connectivity index is 2.40. The molecule has 136 valence electrons. The van der Waals surface area contributed by atoms with Crippen molar-refractivity contribution in [1.29, 1.82) is 0 Å². The molecule has 0 radical (unpaired) electrons. The number of rotatable bonds is 7. The first-order valence-corrected chi connectivity index (χ1v) is 9.05. The van der Waals surface area contributed by atoms with Gasteiger partial charge in [0.1, 0.15) is 11.6 Å². The van der Waals surface area contributed by atoms with Gasteiger partial charge in [0.15, 0.2) is 10.5 Å². The predicted octanol–water partition coefficient (Wildman–Crippen LogP) is 3.89. The van der Waals surface area contributed by atoms with Gasteiger partial charge in [0.2, 0.25) is 0 Å². The van der Waals surface area contributed by atoms with Crippen LogP contribution in [0.4, 0.5) is 8.78 Å². The van der Waals surface area contributed by atoms with Crippen LogP contribution < -0.4 is 0 Å². The zero-order valence-corrected chi connectivity index (χ0v) is 17.2. The molecule has 0 aliphatic rings. The largest absolute Gasteiger partial charge is 0.376 e. The summed E-state index contributed by atoms with van der Waals surface area (Å²) in [6.45, 7) is 7.62. The van der Waals surface area contributed by atoms with Gasteiger partial charge in [-0.2, -0.15) is 0 Å². The average molecular weight is 366 g/mol. The molecule has 0 N–H and O–H groups in total. The van der Waals surface area contributed by atoms with Crippen LogP contribution in [0, 0.1) is 11.6 Å². The number of halogens is 2. The summed E-state index contributed by atoms with van der Waals surface area (Å²) in [5.41, 5.74) is 1.86. The molecule has 0 unspecified atom stereocenters. The maximum Gasteiger partial charge on any atom is 0.302 e. The van der Waals surface area contributed by atoms with E-state index in [2.05, 4.69) is 0 Å². The van der Waals surface area contributed by atoms with E-state index in [4.69, 9.17) is 13.9 Å². The minimum atomic E-state index is -1.28. The summed E-state index contributed by atoms with van der Waals surface area (Å²) in [5.74, 6) is -2.49. The highest BCUT2D eigenvalue weighted by atomic mass is 28.2. The van der Waals surface area contributed by atoms with Crippen molar-refractivity contribution in [3.63, 3.8) is 0 Å². The molecule has 0 aliphatic heterocycles. The van der Waals surface area contributed by atoms with Crippen LogP contribution in [-0.4, -0.2) is 22.7 Å². The van der Waals surface area contributed by atoms with Gasteiger partial charge in [-0.05, 0) is 51.0 Å². The fourth-order valence-electron chi connectivity index (χ4n) is 2.59. The summed E-state index contributed by atoms with van der Waals surface area (Å²) in [6, 6.07) is 10.6. The third-order valence-electron chi connectivity index (χ3n) is 3.48. The monoisotopic (exact) mass is 366 g/mol. The maximum atomic E-state index is 13.4. The standard InChI is InChI=1S/C19H24F2O3Si/c1-12(2)22-19(24-25,23-13(3)4)16-7-5-14(6-8-16)15-9-17(20)11-18(21)10-15/h5-13H,1-4,25H3. The van der Waals surface area contributed by atoms with Crippen molar-refractivity contribution >= 4 is 10.5 Å². The Morgan fingerprint density at radius 3 is 1.68 bits per heavy atom. The summed E-state index contributed by atoms with van der Waals surface area (Å²) < 4.78 is 44.4. The Labute approximate surface area is 150 Å². The van der Waals surface area contributed by atoms with E-state index in [0.29, 0.717) is 27.2 Å². The zero-order valence-electron chi connectivity index (χ0n) is 15.2. The van der Waals surface area contributed by atoms with Crippen LogP contribution >= 0.6 is 0 Å². The lowest BCUT2D eigenvalue weighted by Gasteiger charge is -2.36. The molecule has 0 aromatic heterocycles. The molecule has 0 atom stereocenters. The van der Waals surface area contributed by atoms with Gasteiger partial charge in [-0.25, -0.2) is 8.78 Å². The molecule has 0 saturated carbocycles. The maximum absolute atomic E-state index is 13.4. The molecule has 0 fully saturated rings. The van der Waals surface area contributed by atoms with Gasteiger partial charge in [0.25, 0.3) is 0 Å². The number of hydrogen-bond acceptors (Lipinski definition) is 3. The Kier molecular flexibility index (Phi) is 6.45. The highest BCUT2D eigenvalue weighted by Gasteiger charge is 2.36. The van der Waals surface area contributed by atoms with Gasteiger partial charge in [-0.15, -0.1) is 0 Å². The van der Waals surface area contributed by atoms with Gasteiger partial charge in [0, 0.05) is 11.6 Å². The first-order valence-electron chi connectivity index (χ1n) is 8.23. The summed E-state index contributed by atoms with van der Waals surface area (Å²) in [6.07, 6.45) is -0.214. The molecule has 0 aliphatic carbocycles. The number of benzene rings is 2. The lowest BCUT2D eigenvalue weighted by Crippen LogP contribution is -2.40. The van der Waals surface area contributed by atoms with Crippen molar-refractivity contribution in [1.82, 2.24) is 0 Å². The molecular weight excluding hydrogens is 342 g/mol. The quantitative estimate of drug-likeness (QED) is 0.550. The van der Waals surface area contributed by atoms with Crippen LogP contribution in [0.3, 0.4) is 0 Å². The second-order valence-electron chi connectivity index (χ2n) is 6.33. The van der Waals surface area contributed by atoms with Gasteiger partial charge >= 0.3 is 5.97 Å². The van der Waals surface area contributed by atoms with Gasteiger partial charge in [0.05, 0.1) is 12.2 Å². The van der Waals surface area contributed by atoms with E-state index in [9.17, 15) is 8.78 Å². The highest BCUT2D eigenvalue weighted by Crippen LogP contribution is 2.33. The molecule has 0 saturated heterocycles. The van der Waals surface area contributed by atoms with Crippen molar-refractivity contribution < 1.29 is 22.7 Å². The van der Waals surface area contributed by atoms with E-state index >= 15 is 0 Å². The van der Waals surface area contributed by atoms with Crippen LogP contribution in [0.2, 0.25) is 0 Å². The molecule has 3 nitrogen and oxygen atoms in total. The topological polar surface area (TPSA) is 27.7 Å². The van der Waals surface area contributed by atoms with E-state index < -0.39 is 17.6 Å². The smallest absolute Gasteiger partial charge is 0.302 e. The average Bonchev–Trinajstić information content (AvgIpc) is 2.52. The first kappa shape index (κ1) is 19.7. The van der Waals surface area contributed by atoms with Crippen LogP contribution in [0.5, 0.6) is 0 Å². The Morgan fingerprint density at radius 1 is 0.800 bits per heavy atom. The molecular formula is C19H24F2O3Si. The van der Waals surface area contributed by atoms with Crippen molar-refractivity contribution in [2.24, 2.45) is 0 Å². The summed E-state index contributed by atoms with van der Waals surface area (Å²) >= 11 is 0. The molecule has 0 bridgehead atoms. The Bertz CT molecular complexity index is 672. The van der Waals surface area contributed by atoms with Crippen molar-refractivity contribution in [3.05, 3.63) is 59.7 Å². The predicted molar refractivity (Wildman–Crippen MR) is 96.9 cm³/mol. The molecule has 2 aromatic rings. The number of hydrogen-bond donors (Lipinski definition) is 0. The molecule has 0 heterocycles. The van der Waals surface area contributed by atoms with E-state index in [1.54, 1.807) is 24.3 Å². The molecule has 2 rings (SSSR count). The molecule has 6 heteroatoms. The molecule has 0 amide bonds. The molecule has 25 heavy (non-hydrogen) atoms. The minimum Gasteiger partial charge on any atom is -0.376 e. The van der Waals surface area contributed by atoms with Crippen LogP contribution in [0.15, 0.2) is 42.5 Å². The fourth-order valence-corrected chi connectivity index (χ4v) is 3.01. The van der Waals surface area contributed by atoms with Crippen LogP contribution in [-0.2, 0) is 19.9 Å². The van der Waals surface area contributed by atoms with Gasteiger partial charge in [-0.3, -0.25) is 0 Å². The molecule has 2 aromatic carbocycles. The van der Waals surface area contributed by atoms with Gasteiger partial charge < -0.3 is 13.9 Å². The lowest BCUT2D eigenvalue weighted by atomic mass is 10.0. The summed E-state index contributed by atoms with van der Waals surface area (Å²) in [5, 5.41) is 0. The second-order valence-corrected chi connectivity index (χ2v) is 6.74. The summed E-state index contributed by atoms with van der Waals surface area (Å²) in [7, 11) is 0.414. The highest BCUT2D eigenvalue weighted by molar-refractivity contribution is 5.98. The fraction of sp³-hybridized carbons (Fsp3) is 0.368. The Morgan fingerprint density at radius 2 is 1.28 bits per heavy atom. The normalized spacial score (nSPS) is 12.3. The van der Waals surface area contributed by atoms with E-state index in [0.717, 1.165) is 6.07 Å². The van der Waals surface area contributed by atoms with E-state index in [-0.39, 0.29) is 12.2 Å². The van der Waals surface area contributed by atoms with Crippen LogP contribution in [0.25, 0.3) is 11.1 Å². The Hall–Kier alpha value is -1.60. The lowest BCUT2D eigenvalue weighted by molar-refractivity contribution is -0.378. The van der Waals surface area contributed by atoms with Crippen molar-refractivity contribution in [2.45, 2.75) is 45.9 Å². The van der Waals surface area contributed by atoms with Gasteiger partial charge in [-0.1, -0.05) is 24.3 Å². The minimum absolute atomic E-state index is 0.107. The SMILES string of the molecule is CC(C)OC(O[SiH3])(OC(C)C)c1ccc(-c2cc(F)cc(F)c2)cc1. The third kappa shape index (κ3) is 4.95.